The van der Waals surface area contributed by atoms with Crippen LogP contribution in [0.4, 0.5) is 0 Å². The Morgan fingerprint density at radius 2 is 0.844 bits per heavy atom. The maximum atomic E-state index is 2.25. The summed E-state index contributed by atoms with van der Waals surface area (Å²) < 4.78 is 0. The Bertz CT molecular complexity index is 1170. The summed E-state index contributed by atoms with van der Waals surface area (Å²) in [6.07, 6.45) is 0. The van der Waals surface area contributed by atoms with Crippen LogP contribution >= 0.6 is 23.5 Å². The van der Waals surface area contributed by atoms with Gasteiger partial charge in [0.05, 0.1) is 0 Å². The van der Waals surface area contributed by atoms with Crippen LogP contribution in [0.5, 0.6) is 0 Å². The van der Waals surface area contributed by atoms with Gasteiger partial charge in [-0.15, -0.1) is 0 Å². The molecule has 0 fully saturated rings. The Hall–Kier alpha value is -2.42. The third-order valence-electron chi connectivity index (χ3n) is 5.44. The van der Waals surface area contributed by atoms with Crippen molar-refractivity contribution in [1.29, 1.82) is 0 Å². The van der Waals surface area contributed by atoms with Gasteiger partial charge < -0.3 is 0 Å². The highest BCUT2D eigenvalue weighted by Gasteiger charge is 2.00. The summed E-state index contributed by atoms with van der Waals surface area (Å²) in [6.45, 7) is 12.9. The van der Waals surface area contributed by atoms with Crippen molar-refractivity contribution in [2.75, 3.05) is 0 Å². The second kappa shape index (κ2) is 11.4. The minimum atomic E-state index is 1.30. The number of rotatable bonds is 4. The molecular formula is C30H32S2. The van der Waals surface area contributed by atoms with Gasteiger partial charge >= 0.3 is 0 Å². The van der Waals surface area contributed by atoms with Gasteiger partial charge in [-0.25, -0.2) is 0 Å². The SMILES string of the molecule is Cc1ccc(Sc2ccc(C)c(C)c2)cc1.Cc1cccc(Sc2ccc(C)c(C)c2)c1. The molecule has 0 radical (unpaired) electrons. The van der Waals surface area contributed by atoms with Crippen LogP contribution in [0, 0.1) is 41.5 Å². The van der Waals surface area contributed by atoms with Crippen LogP contribution in [0.3, 0.4) is 0 Å². The molecule has 0 aliphatic heterocycles. The lowest BCUT2D eigenvalue weighted by atomic mass is 10.1. The van der Waals surface area contributed by atoms with Crippen LogP contribution in [0.15, 0.2) is 105 Å². The van der Waals surface area contributed by atoms with E-state index in [1.165, 1.54) is 53.0 Å². The number of hydrogen-bond donors (Lipinski definition) is 0. The van der Waals surface area contributed by atoms with E-state index in [1.807, 2.05) is 23.5 Å². The van der Waals surface area contributed by atoms with Crippen molar-refractivity contribution < 1.29 is 0 Å². The van der Waals surface area contributed by atoms with Crippen molar-refractivity contribution >= 4 is 23.5 Å². The fourth-order valence-electron chi connectivity index (χ4n) is 3.11. The van der Waals surface area contributed by atoms with Gasteiger partial charge in [0.1, 0.15) is 0 Å². The first-order valence-corrected chi connectivity index (χ1v) is 12.6. The van der Waals surface area contributed by atoms with Crippen molar-refractivity contribution in [3.8, 4) is 0 Å². The van der Waals surface area contributed by atoms with E-state index < -0.39 is 0 Å². The fraction of sp³-hybridized carbons (Fsp3) is 0.200. The third-order valence-corrected chi connectivity index (χ3v) is 7.42. The van der Waals surface area contributed by atoms with E-state index in [0.29, 0.717) is 0 Å². The zero-order valence-corrected chi connectivity index (χ0v) is 21.5. The lowest BCUT2D eigenvalue weighted by Crippen LogP contribution is -1.81. The van der Waals surface area contributed by atoms with E-state index in [9.17, 15) is 0 Å². The first-order chi connectivity index (χ1) is 15.3. The van der Waals surface area contributed by atoms with Crippen LogP contribution < -0.4 is 0 Å². The summed E-state index contributed by atoms with van der Waals surface area (Å²) in [4.78, 5) is 5.23. The van der Waals surface area contributed by atoms with E-state index in [2.05, 4.69) is 126 Å². The lowest BCUT2D eigenvalue weighted by molar-refractivity contribution is 1.27. The Morgan fingerprint density at radius 1 is 0.375 bits per heavy atom. The molecule has 0 aliphatic carbocycles. The molecule has 0 nitrogen and oxygen atoms in total. The highest BCUT2D eigenvalue weighted by molar-refractivity contribution is 7.99. The number of benzene rings is 4. The predicted molar refractivity (Wildman–Crippen MR) is 142 cm³/mol. The molecule has 0 bridgehead atoms. The van der Waals surface area contributed by atoms with Gasteiger partial charge in [-0.3, -0.25) is 0 Å². The minimum absolute atomic E-state index is 1.30. The lowest BCUT2D eigenvalue weighted by Gasteiger charge is -2.05. The normalized spacial score (nSPS) is 10.4. The average molecular weight is 457 g/mol. The van der Waals surface area contributed by atoms with Crippen molar-refractivity contribution in [1.82, 2.24) is 0 Å². The van der Waals surface area contributed by atoms with E-state index in [-0.39, 0.29) is 0 Å². The monoisotopic (exact) mass is 456 g/mol. The summed E-state index contributed by atoms with van der Waals surface area (Å²) in [5.74, 6) is 0. The molecule has 0 N–H and O–H groups in total. The van der Waals surface area contributed by atoms with E-state index in [1.54, 1.807) is 0 Å². The minimum Gasteiger partial charge on any atom is -0.0901 e. The number of hydrogen-bond acceptors (Lipinski definition) is 2. The van der Waals surface area contributed by atoms with Crippen LogP contribution in [-0.4, -0.2) is 0 Å². The first-order valence-electron chi connectivity index (χ1n) is 10.9. The molecule has 4 aromatic carbocycles. The van der Waals surface area contributed by atoms with Crippen molar-refractivity contribution in [2.45, 2.75) is 61.1 Å². The molecule has 0 atom stereocenters. The molecule has 4 rings (SSSR count). The largest absolute Gasteiger partial charge is 0.0901 e. The Kier molecular flexibility index (Phi) is 8.67. The van der Waals surface area contributed by atoms with E-state index in [4.69, 9.17) is 0 Å². The van der Waals surface area contributed by atoms with Crippen molar-refractivity contribution in [2.24, 2.45) is 0 Å². The molecule has 0 spiro atoms. The first kappa shape index (κ1) is 24.2. The van der Waals surface area contributed by atoms with Crippen LogP contribution in [0.2, 0.25) is 0 Å². The highest BCUT2D eigenvalue weighted by Crippen LogP contribution is 2.30. The maximum Gasteiger partial charge on any atom is 0.0125 e. The Morgan fingerprint density at radius 3 is 1.34 bits per heavy atom. The molecule has 0 saturated carbocycles. The van der Waals surface area contributed by atoms with Crippen LogP contribution in [0.1, 0.15) is 33.4 Å². The second-order valence-electron chi connectivity index (χ2n) is 8.33. The summed E-state index contributed by atoms with van der Waals surface area (Å²) in [5.41, 5.74) is 8.05. The summed E-state index contributed by atoms with van der Waals surface area (Å²) >= 11 is 3.64. The highest BCUT2D eigenvalue weighted by atomic mass is 32.2. The molecule has 0 saturated heterocycles. The van der Waals surface area contributed by atoms with Gasteiger partial charge in [-0.1, -0.05) is 71.0 Å². The Balaban J connectivity index is 0.000000181. The van der Waals surface area contributed by atoms with Gasteiger partial charge in [0.25, 0.3) is 0 Å². The second-order valence-corrected chi connectivity index (χ2v) is 10.6. The number of aryl methyl sites for hydroxylation is 6. The molecule has 0 aliphatic rings. The molecule has 32 heavy (non-hydrogen) atoms. The summed E-state index contributed by atoms with van der Waals surface area (Å²) in [7, 11) is 0. The van der Waals surface area contributed by atoms with Gasteiger partial charge in [0.15, 0.2) is 0 Å². The van der Waals surface area contributed by atoms with Gasteiger partial charge in [-0.2, -0.15) is 0 Å². The zero-order chi connectivity index (χ0) is 23.1. The smallest absolute Gasteiger partial charge is 0.0125 e. The third kappa shape index (κ3) is 7.32. The van der Waals surface area contributed by atoms with Crippen LogP contribution in [-0.2, 0) is 0 Å². The topological polar surface area (TPSA) is 0 Å². The van der Waals surface area contributed by atoms with E-state index >= 15 is 0 Å². The Labute approximate surface area is 202 Å². The van der Waals surface area contributed by atoms with Gasteiger partial charge in [0, 0.05) is 19.6 Å². The molecule has 0 heterocycles. The predicted octanol–water partition coefficient (Wildman–Crippen LogP) is 9.53. The van der Waals surface area contributed by atoms with Gasteiger partial charge in [-0.05, 0) is 112 Å². The standard InChI is InChI=1S/2C15H16S/c1-11-4-7-14(8-5-11)16-15-9-6-12(2)13(3)10-15;1-11-5-4-6-14(9-11)16-15-8-7-12(2)13(3)10-15/h2*4-10H,1-3H3. The zero-order valence-electron chi connectivity index (χ0n) is 19.9. The molecule has 0 unspecified atom stereocenters. The molecule has 4 aromatic rings. The summed E-state index contributed by atoms with van der Waals surface area (Å²) in [5, 5.41) is 0. The average Bonchev–Trinajstić information content (AvgIpc) is 2.76. The van der Waals surface area contributed by atoms with Crippen LogP contribution in [0.25, 0.3) is 0 Å². The maximum absolute atomic E-state index is 2.25. The molecule has 164 valence electrons. The van der Waals surface area contributed by atoms with Gasteiger partial charge in [0.2, 0.25) is 0 Å². The van der Waals surface area contributed by atoms with E-state index in [0.717, 1.165) is 0 Å². The summed E-state index contributed by atoms with van der Waals surface area (Å²) in [6, 6.07) is 30.5. The molecular weight excluding hydrogens is 424 g/mol. The molecule has 0 aromatic heterocycles. The van der Waals surface area contributed by atoms with Crippen molar-refractivity contribution in [3.05, 3.63) is 118 Å². The molecule has 0 amide bonds. The van der Waals surface area contributed by atoms with Crippen molar-refractivity contribution in [3.63, 3.8) is 0 Å². The quantitative estimate of drug-likeness (QED) is 0.300. The fourth-order valence-corrected chi connectivity index (χ4v) is 5.06. The molecule has 2 heteroatoms.